The summed E-state index contributed by atoms with van der Waals surface area (Å²) in [5.74, 6) is 4.41. The highest BCUT2D eigenvalue weighted by Gasteiger charge is 2.33. The van der Waals surface area contributed by atoms with Gasteiger partial charge in [0.25, 0.3) is 5.91 Å². The third-order valence-electron chi connectivity index (χ3n) is 2.30. The van der Waals surface area contributed by atoms with Crippen molar-refractivity contribution in [2.75, 3.05) is 18.5 Å². The zero-order chi connectivity index (χ0) is 14.5. The van der Waals surface area contributed by atoms with Crippen molar-refractivity contribution in [1.29, 1.82) is 0 Å². The molecule has 0 fully saturated rings. The Balaban J connectivity index is 2.91. The molecule has 5 nitrogen and oxygen atoms in total. The number of nitrogens with one attached hydrogen (secondary N) is 1. The standard InChI is InChI=1S/C11H15F3N4O/c1-2-5-18(7-11(12,13)14)10(19)9-6-8(17-15)3-4-16-9/h3-4,6H,2,5,7,15H2,1H3,(H,16,17). The monoisotopic (exact) mass is 276 g/mol. The summed E-state index contributed by atoms with van der Waals surface area (Å²) in [6, 6.07) is 2.81. The molecule has 1 heterocycles. The first-order valence-electron chi connectivity index (χ1n) is 5.66. The van der Waals surface area contributed by atoms with Crippen LogP contribution in [0.5, 0.6) is 0 Å². The minimum atomic E-state index is -4.44. The fourth-order valence-corrected chi connectivity index (χ4v) is 1.54. The second-order valence-electron chi connectivity index (χ2n) is 3.92. The highest BCUT2D eigenvalue weighted by atomic mass is 19.4. The number of pyridine rings is 1. The molecule has 0 saturated heterocycles. The van der Waals surface area contributed by atoms with Gasteiger partial charge in [-0.15, -0.1) is 0 Å². The second kappa shape index (κ2) is 6.37. The minimum Gasteiger partial charge on any atom is -0.328 e. The zero-order valence-electron chi connectivity index (χ0n) is 10.4. The number of nitrogens with two attached hydrogens (primary N) is 1. The molecule has 0 aliphatic rings. The topological polar surface area (TPSA) is 71.2 Å². The zero-order valence-corrected chi connectivity index (χ0v) is 10.4. The van der Waals surface area contributed by atoms with Crippen LogP contribution >= 0.6 is 0 Å². The summed E-state index contributed by atoms with van der Waals surface area (Å²) in [6.07, 6.45) is -2.70. The van der Waals surface area contributed by atoms with Gasteiger partial charge in [0.1, 0.15) is 12.2 Å². The van der Waals surface area contributed by atoms with Crippen molar-refractivity contribution >= 4 is 11.6 Å². The maximum Gasteiger partial charge on any atom is 0.406 e. The number of hydrogen-bond donors (Lipinski definition) is 2. The lowest BCUT2D eigenvalue weighted by Crippen LogP contribution is -2.39. The molecule has 3 N–H and O–H groups in total. The summed E-state index contributed by atoms with van der Waals surface area (Å²) in [6.45, 7) is 0.421. The van der Waals surface area contributed by atoms with E-state index in [1.54, 1.807) is 6.92 Å². The minimum absolute atomic E-state index is 0.0142. The van der Waals surface area contributed by atoms with E-state index in [-0.39, 0.29) is 12.2 Å². The van der Waals surface area contributed by atoms with Crippen molar-refractivity contribution < 1.29 is 18.0 Å². The number of rotatable bonds is 5. The van der Waals surface area contributed by atoms with Crippen molar-refractivity contribution in [3.63, 3.8) is 0 Å². The molecule has 0 unspecified atom stereocenters. The van der Waals surface area contributed by atoms with Gasteiger partial charge in [-0.2, -0.15) is 13.2 Å². The largest absolute Gasteiger partial charge is 0.406 e. The molecular weight excluding hydrogens is 261 g/mol. The molecule has 0 aliphatic heterocycles. The highest BCUT2D eigenvalue weighted by molar-refractivity contribution is 5.93. The van der Waals surface area contributed by atoms with Crippen molar-refractivity contribution in [3.8, 4) is 0 Å². The van der Waals surface area contributed by atoms with Crippen LogP contribution in [0.15, 0.2) is 18.3 Å². The first-order valence-corrected chi connectivity index (χ1v) is 5.66. The Bertz CT molecular complexity index is 436. The fourth-order valence-electron chi connectivity index (χ4n) is 1.54. The Kier molecular flexibility index (Phi) is 5.11. The van der Waals surface area contributed by atoms with Gasteiger partial charge in [0.2, 0.25) is 0 Å². The molecule has 1 rings (SSSR count). The van der Waals surface area contributed by atoms with E-state index in [2.05, 4.69) is 10.4 Å². The number of aromatic nitrogens is 1. The number of carbonyl (C=O) groups is 1. The number of anilines is 1. The molecule has 0 aromatic carbocycles. The molecular formula is C11H15F3N4O. The van der Waals surface area contributed by atoms with Gasteiger partial charge < -0.3 is 10.3 Å². The van der Waals surface area contributed by atoms with Crippen LogP contribution in [0.1, 0.15) is 23.8 Å². The van der Waals surface area contributed by atoms with Crippen molar-refractivity contribution in [1.82, 2.24) is 9.88 Å². The van der Waals surface area contributed by atoms with Gasteiger partial charge in [0, 0.05) is 12.7 Å². The van der Waals surface area contributed by atoms with Gasteiger partial charge >= 0.3 is 6.18 Å². The number of hydrogen-bond acceptors (Lipinski definition) is 4. The molecule has 0 radical (unpaired) electrons. The summed E-state index contributed by atoms with van der Waals surface area (Å²) in [4.78, 5) is 16.5. The van der Waals surface area contributed by atoms with Crippen molar-refractivity contribution in [2.45, 2.75) is 19.5 Å². The summed E-state index contributed by atoms with van der Waals surface area (Å²) < 4.78 is 37.2. The lowest BCUT2D eigenvalue weighted by atomic mass is 10.2. The maximum absolute atomic E-state index is 12.4. The first kappa shape index (κ1) is 15.2. The van der Waals surface area contributed by atoms with E-state index in [9.17, 15) is 18.0 Å². The smallest absolute Gasteiger partial charge is 0.328 e. The number of alkyl halides is 3. The van der Waals surface area contributed by atoms with Gasteiger partial charge in [-0.05, 0) is 18.6 Å². The maximum atomic E-state index is 12.4. The average molecular weight is 276 g/mol. The lowest BCUT2D eigenvalue weighted by Gasteiger charge is -2.23. The summed E-state index contributed by atoms with van der Waals surface area (Å²) in [7, 11) is 0. The Hall–Kier alpha value is -1.83. The first-order chi connectivity index (χ1) is 8.87. The quantitative estimate of drug-likeness (QED) is 0.635. The van der Waals surface area contributed by atoms with Gasteiger partial charge in [0.05, 0.1) is 5.69 Å². The van der Waals surface area contributed by atoms with Crippen LogP contribution in [0, 0.1) is 0 Å². The molecule has 1 aromatic rings. The van der Waals surface area contributed by atoms with E-state index in [1.807, 2.05) is 0 Å². The molecule has 1 amide bonds. The number of hydrazine groups is 1. The predicted molar refractivity (Wildman–Crippen MR) is 64.3 cm³/mol. The van der Waals surface area contributed by atoms with E-state index < -0.39 is 18.6 Å². The van der Waals surface area contributed by atoms with Gasteiger partial charge in [-0.25, -0.2) is 0 Å². The van der Waals surface area contributed by atoms with E-state index in [0.29, 0.717) is 12.1 Å². The van der Waals surface area contributed by atoms with Gasteiger partial charge in [0.15, 0.2) is 0 Å². The molecule has 0 saturated carbocycles. The average Bonchev–Trinajstić information content (AvgIpc) is 2.36. The molecule has 19 heavy (non-hydrogen) atoms. The SMILES string of the molecule is CCCN(CC(F)(F)F)C(=O)c1cc(NN)ccn1. The third kappa shape index (κ3) is 4.74. The van der Waals surface area contributed by atoms with Crippen LogP contribution in [0.2, 0.25) is 0 Å². The van der Waals surface area contributed by atoms with Crippen LogP contribution in [-0.4, -0.2) is 35.1 Å². The van der Waals surface area contributed by atoms with Crippen molar-refractivity contribution in [2.24, 2.45) is 5.84 Å². The van der Waals surface area contributed by atoms with E-state index in [0.717, 1.165) is 4.90 Å². The number of amides is 1. The Morgan fingerprint density at radius 2 is 2.21 bits per heavy atom. The Labute approximate surface area is 108 Å². The number of nitrogens with zero attached hydrogens (tertiary/aromatic N) is 2. The molecule has 0 spiro atoms. The second-order valence-corrected chi connectivity index (χ2v) is 3.92. The fraction of sp³-hybridized carbons (Fsp3) is 0.455. The molecule has 106 valence electrons. The number of nitrogen functional groups attached to an aromatic ring is 1. The van der Waals surface area contributed by atoms with Gasteiger partial charge in [-0.1, -0.05) is 6.92 Å². The lowest BCUT2D eigenvalue weighted by molar-refractivity contribution is -0.140. The summed E-state index contributed by atoms with van der Waals surface area (Å²) >= 11 is 0. The molecule has 8 heteroatoms. The van der Waals surface area contributed by atoms with Gasteiger partial charge in [-0.3, -0.25) is 15.6 Å². The number of halogens is 3. The van der Waals surface area contributed by atoms with Crippen LogP contribution in [-0.2, 0) is 0 Å². The van der Waals surface area contributed by atoms with Crippen LogP contribution in [0.4, 0.5) is 18.9 Å². The normalized spacial score (nSPS) is 11.2. The third-order valence-corrected chi connectivity index (χ3v) is 2.30. The number of carbonyl (C=O) groups excluding carboxylic acids is 1. The van der Waals surface area contributed by atoms with Crippen LogP contribution in [0.25, 0.3) is 0 Å². The molecule has 0 aliphatic carbocycles. The van der Waals surface area contributed by atoms with Crippen LogP contribution < -0.4 is 11.3 Å². The predicted octanol–water partition coefficient (Wildman–Crippen LogP) is 1.78. The summed E-state index contributed by atoms with van der Waals surface area (Å²) in [5.41, 5.74) is 2.64. The Morgan fingerprint density at radius 3 is 2.74 bits per heavy atom. The highest BCUT2D eigenvalue weighted by Crippen LogP contribution is 2.18. The van der Waals surface area contributed by atoms with E-state index >= 15 is 0 Å². The molecule has 0 atom stereocenters. The van der Waals surface area contributed by atoms with E-state index in [1.165, 1.54) is 18.3 Å². The molecule has 1 aromatic heterocycles. The van der Waals surface area contributed by atoms with Crippen molar-refractivity contribution in [3.05, 3.63) is 24.0 Å². The summed E-state index contributed by atoms with van der Waals surface area (Å²) in [5, 5.41) is 0. The van der Waals surface area contributed by atoms with Crippen LogP contribution in [0.3, 0.4) is 0 Å². The van der Waals surface area contributed by atoms with E-state index in [4.69, 9.17) is 5.84 Å². The Morgan fingerprint density at radius 1 is 1.53 bits per heavy atom. The molecule has 0 bridgehead atoms.